The normalized spacial score (nSPS) is 19.4. The van der Waals surface area contributed by atoms with E-state index in [2.05, 4.69) is 0 Å². The first-order valence-corrected chi connectivity index (χ1v) is 11.3. The number of methoxy groups -OCH3 is 1. The van der Waals surface area contributed by atoms with Crippen molar-refractivity contribution in [3.8, 4) is 22.6 Å². The molecular weight excluding hydrogens is 408 g/mol. The van der Waals surface area contributed by atoms with Gasteiger partial charge in [-0.2, -0.15) is 8.42 Å². The van der Waals surface area contributed by atoms with Gasteiger partial charge >= 0.3 is 16.1 Å². The van der Waals surface area contributed by atoms with Crippen LogP contribution in [0.15, 0.2) is 30.3 Å². The zero-order valence-corrected chi connectivity index (χ0v) is 18.0. The van der Waals surface area contributed by atoms with Gasteiger partial charge in [0.15, 0.2) is 11.9 Å². The predicted octanol–water partition coefficient (Wildman–Crippen LogP) is 3.33. The summed E-state index contributed by atoms with van der Waals surface area (Å²) >= 11 is 0. The van der Waals surface area contributed by atoms with Crippen LogP contribution in [-0.4, -0.2) is 40.0 Å². The van der Waals surface area contributed by atoms with Crippen molar-refractivity contribution in [2.45, 2.75) is 38.0 Å². The van der Waals surface area contributed by atoms with E-state index in [9.17, 15) is 13.2 Å². The van der Waals surface area contributed by atoms with Crippen molar-refractivity contribution in [2.24, 2.45) is 0 Å². The maximum absolute atomic E-state index is 13.0. The number of fused-ring (bicyclic) bond motifs is 4. The Morgan fingerprint density at radius 2 is 2.00 bits per heavy atom. The fraction of sp³-hybridized carbons (Fsp3) is 0.409. The first-order valence-electron chi connectivity index (χ1n) is 9.88. The van der Waals surface area contributed by atoms with Crippen LogP contribution in [0, 0.1) is 6.92 Å². The summed E-state index contributed by atoms with van der Waals surface area (Å²) < 4.78 is 48.0. The van der Waals surface area contributed by atoms with Crippen LogP contribution in [0.2, 0.25) is 0 Å². The Morgan fingerprint density at radius 1 is 1.23 bits per heavy atom. The molecule has 2 atom stereocenters. The molecule has 2 aromatic carbocycles. The van der Waals surface area contributed by atoms with E-state index in [1.54, 1.807) is 12.1 Å². The van der Waals surface area contributed by atoms with Gasteiger partial charge in [0.1, 0.15) is 17.6 Å². The van der Waals surface area contributed by atoms with Gasteiger partial charge in [0.2, 0.25) is 0 Å². The van der Waals surface area contributed by atoms with Crippen molar-refractivity contribution < 1.29 is 31.6 Å². The van der Waals surface area contributed by atoms with Crippen molar-refractivity contribution in [3.05, 3.63) is 47.0 Å². The first-order chi connectivity index (χ1) is 14.4. The van der Waals surface area contributed by atoms with Gasteiger partial charge in [-0.3, -0.25) is 0 Å². The molecule has 2 unspecified atom stereocenters. The standard InChI is InChI=1S/C22H24O7S/c1-4-9-27-21(22(23)26-3)19-13(2)5-7-18-20(19)14-6-8-17-15(10-14)11-16(12-28-17)30(24,25)29-18/h5-8,10,16,21H,4,9,11-12H2,1-3H3. The molecule has 2 aliphatic heterocycles. The molecule has 3 bridgehead atoms. The van der Waals surface area contributed by atoms with Crippen molar-refractivity contribution in [3.63, 3.8) is 0 Å². The Morgan fingerprint density at radius 3 is 2.73 bits per heavy atom. The second kappa shape index (κ2) is 7.92. The summed E-state index contributed by atoms with van der Waals surface area (Å²) in [5.74, 6) is 0.275. The van der Waals surface area contributed by atoms with Crippen LogP contribution >= 0.6 is 0 Å². The van der Waals surface area contributed by atoms with Gasteiger partial charge in [-0.05, 0) is 54.7 Å². The average Bonchev–Trinajstić information content (AvgIpc) is 2.75. The predicted molar refractivity (Wildman–Crippen MR) is 110 cm³/mol. The number of hydrogen-bond acceptors (Lipinski definition) is 7. The number of carbonyl (C=O) groups is 1. The Labute approximate surface area is 176 Å². The van der Waals surface area contributed by atoms with E-state index in [0.29, 0.717) is 36.3 Å². The number of hydrogen-bond donors (Lipinski definition) is 0. The fourth-order valence-electron chi connectivity index (χ4n) is 3.92. The van der Waals surface area contributed by atoms with Gasteiger partial charge in [-0.15, -0.1) is 0 Å². The average molecular weight is 432 g/mol. The second-order valence-electron chi connectivity index (χ2n) is 7.48. The van der Waals surface area contributed by atoms with Gasteiger partial charge in [0.25, 0.3) is 0 Å². The lowest BCUT2D eigenvalue weighted by Gasteiger charge is -2.24. The lowest BCUT2D eigenvalue weighted by atomic mass is 9.89. The molecule has 0 radical (unpaired) electrons. The molecule has 0 aliphatic carbocycles. The van der Waals surface area contributed by atoms with Crippen LogP contribution in [0.25, 0.3) is 11.1 Å². The molecule has 2 aromatic rings. The second-order valence-corrected chi connectivity index (χ2v) is 9.30. The highest BCUT2D eigenvalue weighted by Crippen LogP contribution is 2.44. The minimum atomic E-state index is -3.95. The first kappa shape index (κ1) is 20.7. The lowest BCUT2D eigenvalue weighted by molar-refractivity contribution is -0.154. The van der Waals surface area contributed by atoms with Crippen LogP contribution < -0.4 is 8.92 Å². The van der Waals surface area contributed by atoms with E-state index in [-0.39, 0.29) is 12.4 Å². The third kappa shape index (κ3) is 3.54. The summed E-state index contributed by atoms with van der Waals surface area (Å²) in [6.45, 7) is 4.17. The zero-order chi connectivity index (χ0) is 21.5. The molecule has 8 heteroatoms. The van der Waals surface area contributed by atoms with E-state index >= 15 is 0 Å². The summed E-state index contributed by atoms with van der Waals surface area (Å²) in [4.78, 5) is 12.6. The highest BCUT2D eigenvalue weighted by atomic mass is 32.2. The minimum Gasteiger partial charge on any atom is -0.492 e. The Balaban J connectivity index is 2.00. The molecule has 0 amide bonds. The summed E-state index contributed by atoms with van der Waals surface area (Å²) in [5, 5.41) is -0.802. The quantitative estimate of drug-likeness (QED) is 0.529. The van der Waals surface area contributed by atoms with Crippen LogP contribution in [0.4, 0.5) is 0 Å². The highest BCUT2D eigenvalue weighted by molar-refractivity contribution is 7.87. The third-order valence-corrected chi connectivity index (χ3v) is 6.96. The Kier molecular flexibility index (Phi) is 5.46. The highest BCUT2D eigenvalue weighted by Gasteiger charge is 2.37. The van der Waals surface area contributed by atoms with Crippen molar-refractivity contribution >= 4 is 16.1 Å². The molecule has 7 nitrogen and oxygen atoms in total. The number of rotatable bonds is 5. The molecule has 0 spiro atoms. The maximum atomic E-state index is 13.0. The van der Waals surface area contributed by atoms with Crippen LogP contribution in [0.1, 0.15) is 36.1 Å². The molecule has 0 fully saturated rings. The van der Waals surface area contributed by atoms with E-state index in [1.807, 2.05) is 32.0 Å². The Bertz CT molecular complexity index is 1090. The molecule has 0 N–H and O–H groups in total. The SMILES string of the molecule is CCCOC(C(=O)OC)c1c(C)ccc2c1-c1ccc3c(c1)CC(CO3)S(=O)(=O)O2. The van der Waals surface area contributed by atoms with Crippen LogP contribution in [0.3, 0.4) is 0 Å². The van der Waals surface area contributed by atoms with E-state index < -0.39 is 27.4 Å². The van der Waals surface area contributed by atoms with Gasteiger partial charge in [-0.1, -0.05) is 19.1 Å². The van der Waals surface area contributed by atoms with Gasteiger partial charge in [-0.25, -0.2) is 4.79 Å². The largest absolute Gasteiger partial charge is 0.492 e. The summed E-state index contributed by atoms with van der Waals surface area (Å²) in [7, 11) is -2.64. The van der Waals surface area contributed by atoms with Gasteiger partial charge in [0, 0.05) is 17.7 Å². The van der Waals surface area contributed by atoms with Crippen molar-refractivity contribution in [1.29, 1.82) is 0 Å². The molecule has 0 saturated carbocycles. The van der Waals surface area contributed by atoms with E-state index in [0.717, 1.165) is 16.7 Å². The fourth-order valence-corrected chi connectivity index (χ4v) is 5.07. The topological polar surface area (TPSA) is 88.1 Å². The summed E-state index contributed by atoms with van der Waals surface area (Å²) in [5.41, 5.74) is 3.35. The molecule has 4 rings (SSSR count). The number of ether oxygens (including phenoxy) is 3. The number of aryl methyl sites for hydroxylation is 1. The smallest absolute Gasteiger partial charge is 0.339 e. The maximum Gasteiger partial charge on any atom is 0.339 e. The molecular formula is C22H24O7S. The molecule has 2 heterocycles. The molecule has 30 heavy (non-hydrogen) atoms. The monoisotopic (exact) mass is 432 g/mol. The van der Waals surface area contributed by atoms with Crippen LogP contribution in [-0.2, 0) is 30.8 Å². The third-order valence-electron chi connectivity index (χ3n) is 5.43. The van der Waals surface area contributed by atoms with Crippen molar-refractivity contribution in [2.75, 3.05) is 20.3 Å². The number of esters is 1. The van der Waals surface area contributed by atoms with Crippen LogP contribution in [0.5, 0.6) is 11.5 Å². The zero-order valence-electron chi connectivity index (χ0n) is 17.1. The minimum absolute atomic E-state index is 0.0348. The molecule has 160 valence electrons. The van der Waals surface area contributed by atoms with Crippen molar-refractivity contribution in [1.82, 2.24) is 0 Å². The molecule has 2 aliphatic rings. The number of benzene rings is 2. The summed E-state index contributed by atoms with van der Waals surface area (Å²) in [6.07, 6.45) is 0.0162. The Hall–Kier alpha value is -2.58. The molecule has 0 saturated heterocycles. The van der Waals surface area contributed by atoms with Gasteiger partial charge in [0.05, 0.1) is 7.11 Å². The van der Waals surface area contributed by atoms with Gasteiger partial charge < -0.3 is 18.4 Å². The lowest BCUT2D eigenvalue weighted by Crippen LogP contribution is -2.36. The van der Waals surface area contributed by atoms with E-state index in [1.165, 1.54) is 7.11 Å². The number of carbonyl (C=O) groups excluding carboxylic acids is 1. The molecule has 0 aromatic heterocycles. The van der Waals surface area contributed by atoms with E-state index in [4.69, 9.17) is 18.4 Å². The summed E-state index contributed by atoms with van der Waals surface area (Å²) in [6, 6.07) is 8.93.